The normalized spacial score (nSPS) is 10.2. The number of non-ortho nitro benzene ring substituents is 1. The number of hydrogen-bond acceptors (Lipinski definition) is 4. The quantitative estimate of drug-likeness (QED) is 0.304. The van der Waals surface area contributed by atoms with E-state index in [9.17, 15) is 14.9 Å². The number of aliphatic imine (C=N–C) groups is 1. The van der Waals surface area contributed by atoms with Crippen LogP contribution in [0.1, 0.15) is 0 Å². The molecule has 5 nitrogen and oxygen atoms in total. The van der Waals surface area contributed by atoms with E-state index in [0.29, 0.717) is 12.0 Å². The van der Waals surface area contributed by atoms with Crippen molar-refractivity contribution in [3.05, 3.63) is 34.4 Å². The first-order valence-corrected chi connectivity index (χ1v) is 3.46. The Hall–Kier alpha value is -2.04. The van der Waals surface area contributed by atoms with E-state index in [0.717, 1.165) is 6.21 Å². The maximum atomic E-state index is 10.3. The Bertz CT molecular complexity index is 360. The third-order valence-corrected chi connectivity index (χ3v) is 1.33. The van der Waals surface area contributed by atoms with Crippen LogP contribution in [0.2, 0.25) is 0 Å². The minimum absolute atomic E-state index is 0.0412. The average Bonchev–Trinajstić information content (AvgIpc) is 2.15. The predicted molar refractivity (Wildman–Crippen MR) is 47.3 cm³/mol. The van der Waals surface area contributed by atoms with Crippen LogP contribution in [-0.2, 0) is 4.79 Å². The van der Waals surface area contributed by atoms with E-state index in [-0.39, 0.29) is 5.69 Å². The summed E-state index contributed by atoms with van der Waals surface area (Å²) in [5.41, 5.74) is 0.349. The Morgan fingerprint density at radius 3 is 2.85 bits per heavy atom. The summed E-state index contributed by atoms with van der Waals surface area (Å²) < 4.78 is 0. The minimum Gasteiger partial charge on any atom is -0.297 e. The van der Waals surface area contributed by atoms with Gasteiger partial charge in [0.2, 0.25) is 0 Å². The van der Waals surface area contributed by atoms with Gasteiger partial charge in [-0.25, -0.2) is 0 Å². The molecule has 5 heteroatoms. The summed E-state index contributed by atoms with van der Waals surface area (Å²) in [6.45, 7) is 0. The average molecular weight is 178 g/mol. The van der Waals surface area contributed by atoms with E-state index in [4.69, 9.17) is 0 Å². The van der Waals surface area contributed by atoms with Crippen molar-refractivity contribution in [2.24, 2.45) is 4.99 Å². The van der Waals surface area contributed by atoms with Crippen LogP contribution in [0.5, 0.6) is 0 Å². The molecule has 0 saturated heterocycles. The van der Waals surface area contributed by atoms with Crippen molar-refractivity contribution in [1.29, 1.82) is 0 Å². The number of aldehydes is 1. The molecule has 0 bridgehead atoms. The van der Waals surface area contributed by atoms with Crippen molar-refractivity contribution in [2.75, 3.05) is 0 Å². The molecule has 0 radical (unpaired) electrons. The van der Waals surface area contributed by atoms with Gasteiger partial charge in [0.05, 0.1) is 16.8 Å². The van der Waals surface area contributed by atoms with Crippen LogP contribution in [-0.4, -0.2) is 17.4 Å². The van der Waals surface area contributed by atoms with Gasteiger partial charge in [0, 0.05) is 12.1 Å². The van der Waals surface area contributed by atoms with Crippen molar-refractivity contribution in [1.82, 2.24) is 0 Å². The number of hydrogen-bond donors (Lipinski definition) is 0. The van der Waals surface area contributed by atoms with E-state index in [1.807, 2.05) is 0 Å². The van der Waals surface area contributed by atoms with E-state index in [1.54, 1.807) is 6.07 Å². The molecule has 1 aromatic carbocycles. The molecule has 0 aliphatic carbocycles. The molecule has 13 heavy (non-hydrogen) atoms. The van der Waals surface area contributed by atoms with Gasteiger partial charge in [-0.3, -0.25) is 19.9 Å². The molecule has 0 N–H and O–H groups in total. The van der Waals surface area contributed by atoms with Gasteiger partial charge >= 0.3 is 0 Å². The van der Waals surface area contributed by atoms with E-state index < -0.39 is 4.92 Å². The molecule has 0 aliphatic heterocycles. The molecular formula is C8H6N2O3. The lowest BCUT2D eigenvalue weighted by Gasteiger charge is -1.92. The molecule has 0 aliphatic rings. The van der Waals surface area contributed by atoms with Gasteiger partial charge in [-0.15, -0.1) is 0 Å². The van der Waals surface area contributed by atoms with Crippen molar-refractivity contribution >= 4 is 23.9 Å². The Labute approximate surface area is 73.9 Å². The molecule has 0 amide bonds. The van der Waals surface area contributed by atoms with Gasteiger partial charge in [0.15, 0.2) is 6.29 Å². The molecule has 0 aromatic heterocycles. The smallest absolute Gasteiger partial charge is 0.271 e. The van der Waals surface area contributed by atoms with Gasteiger partial charge in [-0.2, -0.15) is 0 Å². The first-order chi connectivity index (χ1) is 6.24. The number of carbonyl (C=O) groups excluding carboxylic acids is 1. The highest BCUT2D eigenvalue weighted by atomic mass is 16.6. The maximum absolute atomic E-state index is 10.3. The number of nitrogens with zero attached hydrogens (tertiary/aromatic N) is 2. The number of benzene rings is 1. The van der Waals surface area contributed by atoms with Crippen LogP contribution in [0.15, 0.2) is 29.3 Å². The molecule has 0 heterocycles. The van der Waals surface area contributed by atoms with Crippen LogP contribution in [0.4, 0.5) is 11.4 Å². The lowest BCUT2D eigenvalue weighted by molar-refractivity contribution is -0.384. The van der Waals surface area contributed by atoms with Crippen LogP contribution >= 0.6 is 0 Å². The highest BCUT2D eigenvalue weighted by Crippen LogP contribution is 2.18. The summed E-state index contributed by atoms with van der Waals surface area (Å²) in [6.07, 6.45) is 1.55. The fourth-order valence-electron chi connectivity index (χ4n) is 0.803. The molecular weight excluding hydrogens is 172 g/mol. The Kier molecular flexibility index (Phi) is 2.86. The lowest BCUT2D eigenvalue weighted by Crippen LogP contribution is -1.86. The number of nitro groups is 1. The molecule has 0 spiro atoms. The van der Waals surface area contributed by atoms with Crippen LogP contribution in [0.3, 0.4) is 0 Å². The third kappa shape index (κ3) is 2.48. The molecule has 66 valence electrons. The second-order valence-corrected chi connectivity index (χ2v) is 2.19. The Morgan fingerprint density at radius 1 is 1.46 bits per heavy atom. The molecule has 0 atom stereocenters. The van der Waals surface area contributed by atoms with Crippen molar-refractivity contribution < 1.29 is 9.72 Å². The SMILES string of the molecule is O=CC=Nc1cccc([N+](=O)[O-])c1. The number of rotatable bonds is 3. The number of nitro benzene ring substituents is 1. The molecule has 0 fully saturated rings. The number of carbonyl (C=O) groups is 1. The summed E-state index contributed by atoms with van der Waals surface area (Å²) in [7, 11) is 0. The Morgan fingerprint density at radius 2 is 2.23 bits per heavy atom. The van der Waals surface area contributed by atoms with Gasteiger partial charge in [-0.1, -0.05) is 6.07 Å². The first-order valence-electron chi connectivity index (χ1n) is 3.46. The van der Waals surface area contributed by atoms with E-state index in [1.165, 1.54) is 18.2 Å². The standard InChI is InChI=1S/C8H6N2O3/c11-5-4-9-7-2-1-3-8(6-7)10(12)13/h1-6H. The molecule has 1 aromatic rings. The summed E-state index contributed by atoms with van der Waals surface area (Å²) in [5, 5.41) is 10.3. The third-order valence-electron chi connectivity index (χ3n) is 1.33. The van der Waals surface area contributed by atoms with Crippen LogP contribution in [0.25, 0.3) is 0 Å². The fraction of sp³-hybridized carbons (Fsp3) is 0. The molecule has 0 saturated carbocycles. The van der Waals surface area contributed by atoms with Gasteiger partial charge < -0.3 is 0 Å². The highest BCUT2D eigenvalue weighted by molar-refractivity contribution is 6.13. The molecule has 1 rings (SSSR count). The van der Waals surface area contributed by atoms with Crippen LogP contribution < -0.4 is 0 Å². The van der Waals surface area contributed by atoms with Crippen molar-refractivity contribution in [3.8, 4) is 0 Å². The van der Waals surface area contributed by atoms with Gasteiger partial charge in [0.25, 0.3) is 5.69 Å². The minimum atomic E-state index is -0.514. The topological polar surface area (TPSA) is 72.6 Å². The zero-order valence-corrected chi connectivity index (χ0v) is 6.58. The lowest BCUT2D eigenvalue weighted by atomic mass is 10.3. The zero-order valence-electron chi connectivity index (χ0n) is 6.58. The summed E-state index contributed by atoms with van der Waals surface area (Å²) in [4.78, 5) is 23.4. The Balaban J connectivity index is 2.98. The monoisotopic (exact) mass is 178 g/mol. The summed E-state index contributed by atoms with van der Waals surface area (Å²) in [6, 6.07) is 5.74. The second-order valence-electron chi connectivity index (χ2n) is 2.19. The van der Waals surface area contributed by atoms with E-state index >= 15 is 0 Å². The van der Waals surface area contributed by atoms with E-state index in [2.05, 4.69) is 4.99 Å². The van der Waals surface area contributed by atoms with Crippen molar-refractivity contribution in [2.45, 2.75) is 0 Å². The van der Waals surface area contributed by atoms with Crippen molar-refractivity contribution in [3.63, 3.8) is 0 Å². The molecule has 0 unspecified atom stereocenters. The zero-order chi connectivity index (χ0) is 9.68. The summed E-state index contributed by atoms with van der Waals surface area (Å²) in [5.74, 6) is 0. The predicted octanol–water partition coefficient (Wildman–Crippen LogP) is 1.50. The van der Waals surface area contributed by atoms with Crippen LogP contribution in [0, 0.1) is 10.1 Å². The largest absolute Gasteiger partial charge is 0.297 e. The second kappa shape index (κ2) is 4.10. The maximum Gasteiger partial charge on any atom is 0.271 e. The highest BCUT2D eigenvalue weighted by Gasteiger charge is 2.03. The van der Waals surface area contributed by atoms with Gasteiger partial charge in [-0.05, 0) is 6.07 Å². The fourth-order valence-corrected chi connectivity index (χ4v) is 0.803. The summed E-state index contributed by atoms with van der Waals surface area (Å²) >= 11 is 0. The first kappa shape index (κ1) is 9.05. The van der Waals surface area contributed by atoms with Gasteiger partial charge in [0.1, 0.15) is 0 Å².